The fourth-order valence-corrected chi connectivity index (χ4v) is 7.12. The lowest BCUT2D eigenvalue weighted by Gasteiger charge is -2.24. The maximum absolute atomic E-state index is 6.54. The number of furan rings is 2. The van der Waals surface area contributed by atoms with Crippen molar-refractivity contribution in [2.75, 3.05) is 0 Å². The number of allylic oxidation sites excluding steroid dienone is 4. The molecule has 2 aliphatic rings. The van der Waals surface area contributed by atoms with Crippen LogP contribution in [0.15, 0.2) is 130 Å². The van der Waals surface area contributed by atoms with Gasteiger partial charge in [-0.15, -0.1) is 0 Å². The highest BCUT2D eigenvalue weighted by atomic mass is 16.3. The van der Waals surface area contributed by atoms with Gasteiger partial charge in [-0.2, -0.15) is 4.58 Å². The molecule has 1 atom stereocenters. The van der Waals surface area contributed by atoms with Gasteiger partial charge in [0.25, 0.3) is 5.69 Å². The Hall–Kier alpha value is -5.35. The zero-order chi connectivity index (χ0) is 25.9. The molecule has 5 aromatic carbocycles. The van der Waals surface area contributed by atoms with Gasteiger partial charge in [-0.1, -0.05) is 72.8 Å². The fraction of sp³-hybridized carbons (Fsp3) is 0.0278. The van der Waals surface area contributed by atoms with Crippen molar-refractivity contribution in [1.82, 2.24) is 9.14 Å². The highest BCUT2D eigenvalue weighted by molar-refractivity contribution is 6.29. The SMILES string of the molecule is C1=CC2=[N+](c3cccc4c3oc3ccccc34)c3cccc4c5c6c(ccc5n(c34)C2C=C1)oc1ccccc16. The van der Waals surface area contributed by atoms with Crippen LogP contribution in [0.1, 0.15) is 6.04 Å². The summed E-state index contributed by atoms with van der Waals surface area (Å²) >= 11 is 0. The molecule has 1 aliphatic carbocycles. The molecule has 1 aliphatic heterocycles. The molecule has 0 radical (unpaired) electrons. The van der Waals surface area contributed by atoms with E-state index >= 15 is 0 Å². The number of benzene rings is 5. The normalized spacial score (nSPS) is 16.4. The Labute approximate surface area is 227 Å². The van der Waals surface area contributed by atoms with E-state index in [2.05, 4.69) is 112 Å². The molecule has 4 heterocycles. The smallest absolute Gasteiger partial charge is 0.255 e. The topological polar surface area (TPSA) is 34.2 Å². The fourth-order valence-electron chi connectivity index (χ4n) is 7.12. The lowest BCUT2D eigenvalue weighted by atomic mass is 10.0. The minimum atomic E-state index is 0.0372. The van der Waals surface area contributed by atoms with Gasteiger partial charge in [0.05, 0.1) is 5.52 Å². The van der Waals surface area contributed by atoms with Gasteiger partial charge in [-0.3, -0.25) is 0 Å². The Bertz CT molecular complexity index is 2500. The van der Waals surface area contributed by atoms with Crippen molar-refractivity contribution in [3.05, 3.63) is 121 Å². The van der Waals surface area contributed by atoms with E-state index in [4.69, 9.17) is 8.83 Å². The zero-order valence-corrected chi connectivity index (χ0v) is 21.3. The van der Waals surface area contributed by atoms with E-state index in [0.29, 0.717) is 0 Å². The molecular formula is C36H21N2O2+. The molecular weight excluding hydrogens is 492 g/mol. The number of rotatable bonds is 1. The summed E-state index contributed by atoms with van der Waals surface area (Å²) < 4.78 is 17.8. The highest BCUT2D eigenvalue weighted by Gasteiger charge is 2.39. The molecule has 1 unspecified atom stereocenters. The van der Waals surface area contributed by atoms with Crippen LogP contribution in [-0.2, 0) is 0 Å². The predicted octanol–water partition coefficient (Wildman–Crippen LogP) is 9.55. The monoisotopic (exact) mass is 513 g/mol. The van der Waals surface area contributed by atoms with E-state index in [1.54, 1.807) is 0 Å². The van der Waals surface area contributed by atoms with Crippen molar-refractivity contribution in [3.8, 4) is 0 Å². The molecule has 0 N–H and O–H groups in total. The standard InChI is InChI=1S/C36H21N2O2/c1-5-17-30-21(9-1)22-11-7-16-29(36(22)40-30)37-25-13-3-4-14-26(25)38-27-19-20-32-34(23-10-2-6-18-31(23)39-32)33(27)24-12-8-15-28(37)35(24)38/h1-20,26H/q+1. The van der Waals surface area contributed by atoms with Crippen LogP contribution in [0.3, 0.4) is 0 Å². The quantitative estimate of drug-likeness (QED) is 0.205. The summed E-state index contributed by atoms with van der Waals surface area (Å²) in [6.45, 7) is 0. The van der Waals surface area contributed by atoms with Crippen LogP contribution in [0.5, 0.6) is 0 Å². The van der Waals surface area contributed by atoms with Crippen LogP contribution >= 0.6 is 0 Å². The maximum atomic E-state index is 6.54. The van der Waals surface area contributed by atoms with Crippen molar-refractivity contribution in [1.29, 1.82) is 0 Å². The van der Waals surface area contributed by atoms with Gasteiger partial charge in [0.1, 0.15) is 28.3 Å². The average molecular weight is 514 g/mol. The Balaban J connectivity index is 1.39. The minimum absolute atomic E-state index is 0.0372. The van der Waals surface area contributed by atoms with Gasteiger partial charge in [0.15, 0.2) is 0 Å². The van der Waals surface area contributed by atoms with Crippen LogP contribution in [0.2, 0.25) is 0 Å². The lowest BCUT2D eigenvalue weighted by molar-refractivity contribution is 0.665. The zero-order valence-electron chi connectivity index (χ0n) is 21.3. The molecule has 0 bridgehead atoms. The predicted molar refractivity (Wildman–Crippen MR) is 164 cm³/mol. The molecule has 4 nitrogen and oxygen atoms in total. The minimum Gasteiger partial charge on any atom is -0.456 e. The first-order valence-corrected chi connectivity index (χ1v) is 13.7. The second-order valence-corrected chi connectivity index (χ2v) is 10.7. The van der Waals surface area contributed by atoms with Gasteiger partial charge in [-0.25, -0.2) is 0 Å². The first-order chi connectivity index (χ1) is 19.9. The Morgan fingerprint density at radius 1 is 0.575 bits per heavy atom. The molecule has 10 rings (SSSR count). The molecule has 3 aromatic heterocycles. The third-order valence-corrected chi connectivity index (χ3v) is 8.68. The summed E-state index contributed by atoms with van der Waals surface area (Å²) in [6, 6.07) is 34.2. The van der Waals surface area contributed by atoms with Gasteiger partial charge in [0, 0.05) is 50.5 Å². The molecule has 0 saturated carbocycles. The second kappa shape index (κ2) is 7.19. The molecule has 186 valence electrons. The van der Waals surface area contributed by atoms with Gasteiger partial charge in [0.2, 0.25) is 17.0 Å². The molecule has 8 aromatic rings. The highest BCUT2D eigenvalue weighted by Crippen LogP contribution is 2.48. The second-order valence-electron chi connectivity index (χ2n) is 10.7. The summed E-state index contributed by atoms with van der Waals surface area (Å²) in [6.07, 6.45) is 8.83. The van der Waals surface area contributed by atoms with E-state index in [9.17, 15) is 0 Å². The van der Waals surface area contributed by atoms with Crippen molar-refractivity contribution in [2.24, 2.45) is 0 Å². The van der Waals surface area contributed by atoms with Crippen molar-refractivity contribution in [2.45, 2.75) is 6.04 Å². The average Bonchev–Trinajstić information content (AvgIpc) is 3.68. The lowest BCUT2D eigenvalue weighted by Crippen LogP contribution is -2.30. The summed E-state index contributed by atoms with van der Waals surface area (Å²) in [4.78, 5) is 0. The van der Waals surface area contributed by atoms with Crippen LogP contribution in [0, 0.1) is 0 Å². The van der Waals surface area contributed by atoms with Gasteiger partial charge in [-0.05, 0) is 30.3 Å². The molecule has 0 fully saturated rings. The molecule has 0 amide bonds. The first-order valence-electron chi connectivity index (χ1n) is 13.7. The van der Waals surface area contributed by atoms with Gasteiger partial charge < -0.3 is 13.4 Å². The molecule has 0 saturated heterocycles. The Morgan fingerprint density at radius 2 is 1.32 bits per heavy atom. The van der Waals surface area contributed by atoms with Crippen LogP contribution in [0.25, 0.3) is 65.7 Å². The van der Waals surface area contributed by atoms with E-state index in [-0.39, 0.29) is 6.04 Å². The van der Waals surface area contributed by atoms with Crippen molar-refractivity contribution in [3.63, 3.8) is 0 Å². The molecule has 0 spiro atoms. The van der Waals surface area contributed by atoms with E-state index in [1.165, 1.54) is 32.9 Å². The first kappa shape index (κ1) is 20.6. The maximum Gasteiger partial charge on any atom is 0.255 e. The third kappa shape index (κ3) is 2.40. The third-order valence-electron chi connectivity index (χ3n) is 8.68. The summed E-state index contributed by atoms with van der Waals surface area (Å²) in [5.74, 6) is 0. The number of para-hydroxylation sites is 4. The Kier molecular flexibility index (Phi) is 3.70. The summed E-state index contributed by atoms with van der Waals surface area (Å²) in [7, 11) is 0. The largest absolute Gasteiger partial charge is 0.456 e. The number of nitrogens with zero attached hydrogens (tertiary/aromatic N) is 2. The Morgan fingerprint density at radius 3 is 2.23 bits per heavy atom. The summed E-state index contributed by atoms with van der Waals surface area (Å²) in [5, 5.41) is 7.07. The van der Waals surface area contributed by atoms with Crippen LogP contribution in [0.4, 0.5) is 11.4 Å². The van der Waals surface area contributed by atoms with Crippen molar-refractivity contribution >= 4 is 82.8 Å². The van der Waals surface area contributed by atoms with E-state index in [1.807, 2.05) is 18.2 Å². The summed E-state index contributed by atoms with van der Waals surface area (Å²) in [5.41, 5.74) is 9.48. The van der Waals surface area contributed by atoms with Crippen LogP contribution < -0.4 is 4.58 Å². The van der Waals surface area contributed by atoms with Gasteiger partial charge >= 0.3 is 0 Å². The number of hydrogen-bond acceptors (Lipinski definition) is 2. The number of aromatic nitrogens is 1. The number of hydrogen-bond donors (Lipinski definition) is 0. The van der Waals surface area contributed by atoms with Crippen molar-refractivity contribution < 1.29 is 8.83 Å². The molecule has 4 heteroatoms. The van der Waals surface area contributed by atoms with Crippen LogP contribution in [-0.4, -0.2) is 10.3 Å². The van der Waals surface area contributed by atoms with E-state index < -0.39 is 0 Å². The van der Waals surface area contributed by atoms with E-state index in [0.717, 1.165) is 49.9 Å². The number of fused-ring (bicyclic) bond motifs is 12. The molecule has 40 heavy (non-hydrogen) atoms.